The molecule has 1 amide bonds. The summed E-state index contributed by atoms with van der Waals surface area (Å²) in [6.45, 7) is 1.75. The van der Waals surface area contributed by atoms with Crippen LogP contribution in [0.25, 0.3) is 0 Å². The number of rotatable bonds is 4. The average molecular weight is 313 g/mol. The lowest BCUT2D eigenvalue weighted by molar-refractivity contribution is 0.0994. The van der Waals surface area contributed by atoms with Crippen LogP contribution in [0.3, 0.4) is 0 Å². The second-order valence-corrected chi connectivity index (χ2v) is 5.55. The molecule has 2 aromatic rings. The standard InChI is InChI=1S/C15H19N7O/c1-21(13-3-2-8-17-19-13)11-6-9-22(10-7-11)14-5-4-12(15(16)23)18-20-14/h2-5,8,11H,6-7,9-10H2,1H3,(H2,16,23). The first-order chi connectivity index (χ1) is 11.1. The van der Waals surface area contributed by atoms with E-state index in [0.717, 1.165) is 37.6 Å². The van der Waals surface area contributed by atoms with E-state index in [2.05, 4.69) is 30.2 Å². The fraction of sp³-hybridized carbons (Fsp3) is 0.400. The van der Waals surface area contributed by atoms with Crippen LogP contribution in [0, 0.1) is 0 Å². The van der Waals surface area contributed by atoms with Gasteiger partial charge in [-0.15, -0.1) is 15.3 Å². The molecule has 8 nitrogen and oxygen atoms in total. The molecule has 2 aromatic heterocycles. The fourth-order valence-electron chi connectivity index (χ4n) is 2.78. The number of primary amides is 1. The SMILES string of the molecule is CN(c1cccnn1)C1CCN(c2ccc(C(N)=O)nn2)CC1. The average Bonchev–Trinajstić information content (AvgIpc) is 2.62. The molecule has 0 aliphatic carbocycles. The molecule has 1 saturated heterocycles. The Labute approximate surface area is 134 Å². The molecule has 0 unspecified atom stereocenters. The number of aromatic nitrogens is 4. The molecule has 0 saturated carbocycles. The van der Waals surface area contributed by atoms with E-state index in [0.29, 0.717) is 6.04 Å². The van der Waals surface area contributed by atoms with Crippen LogP contribution in [0.4, 0.5) is 11.6 Å². The maximum absolute atomic E-state index is 11.0. The number of anilines is 2. The lowest BCUT2D eigenvalue weighted by Crippen LogP contribution is -2.44. The molecule has 8 heteroatoms. The van der Waals surface area contributed by atoms with Crippen LogP contribution < -0.4 is 15.5 Å². The van der Waals surface area contributed by atoms with Crippen molar-refractivity contribution in [3.05, 3.63) is 36.2 Å². The summed E-state index contributed by atoms with van der Waals surface area (Å²) in [5.74, 6) is 1.10. The van der Waals surface area contributed by atoms with Crippen LogP contribution in [0.1, 0.15) is 23.3 Å². The summed E-state index contributed by atoms with van der Waals surface area (Å²) in [7, 11) is 2.05. The highest BCUT2D eigenvalue weighted by molar-refractivity contribution is 5.90. The van der Waals surface area contributed by atoms with Gasteiger partial charge in [-0.05, 0) is 37.1 Å². The normalized spacial score (nSPS) is 15.4. The minimum Gasteiger partial charge on any atom is -0.364 e. The van der Waals surface area contributed by atoms with Crippen molar-refractivity contribution in [1.82, 2.24) is 20.4 Å². The van der Waals surface area contributed by atoms with Gasteiger partial charge in [0, 0.05) is 32.4 Å². The quantitative estimate of drug-likeness (QED) is 0.875. The zero-order chi connectivity index (χ0) is 16.2. The Morgan fingerprint density at radius 2 is 2.00 bits per heavy atom. The van der Waals surface area contributed by atoms with Crippen LogP contribution >= 0.6 is 0 Å². The molecule has 1 aliphatic heterocycles. The van der Waals surface area contributed by atoms with Gasteiger partial charge in [0.05, 0.1) is 0 Å². The van der Waals surface area contributed by atoms with Gasteiger partial charge in [0.2, 0.25) is 0 Å². The summed E-state index contributed by atoms with van der Waals surface area (Å²) in [6.07, 6.45) is 3.66. The monoisotopic (exact) mass is 313 g/mol. The van der Waals surface area contributed by atoms with E-state index in [4.69, 9.17) is 5.73 Å². The van der Waals surface area contributed by atoms with Crippen LogP contribution in [-0.2, 0) is 0 Å². The van der Waals surface area contributed by atoms with Crippen LogP contribution in [0.2, 0.25) is 0 Å². The van der Waals surface area contributed by atoms with Crippen LogP contribution in [0.15, 0.2) is 30.5 Å². The minimum atomic E-state index is -0.562. The highest BCUT2D eigenvalue weighted by Gasteiger charge is 2.24. The van der Waals surface area contributed by atoms with Gasteiger partial charge >= 0.3 is 0 Å². The van der Waals surface area contributed by atoms with Crippen molar-refractivity contribution in [2.75, 3.05) is 29.9 Å². The van der Waals surface area contributed by atoms with Gasteiger partial charge in [0.1, 0.15) is 0 Å². The summed E-state index contributed by atoms with van der Waals surface area (Å²) in [6, 6.07) is 7.68. The van der Waals surface area contributed by atoms with Crippen molar-refractivity contribution in [3.8, 4) is 0 Å². The Balaban J connectivity index is 1.61. The Morgan fingerprint density at radius 1 is 1.22 bits per heavy atom. The van der Waals surface area contributed by atoms with E-state index in [1.807, 2.05) is 19.2 Å². The molecule has 2 N–H and O–H groups in total. The molecule has 120 valence electrons. The van der Waals surface area contributed by atoms with Gasteiger partial charge in [-0.25, -0.2) is 0 Å². The molecule has 0 aromatic carbocycles. The van der Waals surface area contributed by atoms with Crippen molar-refractivity contribution in [3.63, 3.8) is 0 Å². The van der Waals surface area contributed by atoms with E-state index < -0.39 is 5.91 Å². The van der Waals surface area contributed by atoms with Crippen molar-refractivity contribution in [1.29, 1.82) is 0 Å². The number of hydrogen-bond acceptors (Lipinski definition) is 7. The van der Waals surface area contributed by atoms with Gasteiger partial charge < -0.3 is 15.5 Å². The summed E-state index contributed by atoms with van der Waals surface area (Å²) < 4.78 is 0. The maximum atomic E-state index is 11.0. The molecular weight excluding hydrogens is 294 g/mol. The summed E-state index contributed by atoms with van der Waals surface area (Å²) in [5.41, 5.74) is 5.36. The molecule has 0 atom stereocenters. The number of carbonyl (C=O) groups excluding carboxylic acids is 1. The molecular formula is C15H19N7O. The third kappa shape index (κ3) is 3.36. The predicted octanol–water partition coefficient (Wildman–Crippen LogP) is 0.471. The van der Waals surface area contributed by atoms with Gasteiger partial charge in [-0.3, -0.25) is 4.79 Å². The summed E-state index contributed by atoms with van der Waals surface area (Å²) >= 11 is 0. The molecule has 0 spiro atoms. The Morgan fingerprint density at radius 3 is 2.57 bits per heavy atom. The third-order valence-corrected chi connectivity index (χ3v) is 4.16. The number of nitrogens with zero attached hydrogens (tertiary/aromatic N) is 6. The number of carbonyl (C=O) groups is 1. The first-order valence-electron chi connectivity index (χ1n) is 7.54. The highest BCUT2D eigenvalue weighted by Crippen LogP contribution is 2.22. The van der Waals surface area contributed by atoms with Gasteiger partial charge in [0.25, 0.3) is 5.91 Å². The summed E-state index contributed by atoms with van der Waals surface area (Å²) in [4.78, 5) is 15.4. The maximum Gasteiger partial charge on any atom is 0.269 e. The Hall–Kier alpha value is -2.77. The number of piperidine rings is 1. The largest absolute Gasteiger partial charge is 0.364 e. The fourth-order valence-corrected chi connectivity index (χ4v) is 2.78. The lowest BCUT2D eigenvalue weighted by atomic mass is 10.0. The Bertz CT molecular complexity index is 653. The lowest BCUT2D eigenvalue weighted by Gasteiger charge is -2.37. The van der Waals surface area contributed by atoms with E-state index in [1.54, 1.807) is 18.3 Å². The van der Waals surface area contributed by atoms with Crippen LogP contribution in [0.5, 0.6) is 0 Å². The predicted molar refractivity (Wildman–Crippen MR) is 86.2 cm³/mol. The second kappa shape index (κ2) is 6.55. The molecule has 1 fully saturated rings. The molecule has 3 heterocycles. The molecule has 23 heavy (non-hydrogen) atoms. The minimum absolute atomic E-state index is 0.186. The molecule has 3 rings (SSSR count). The van der Waals surface area contributed by atoms with Crippen molar-refractivity contribution in [2.24, 2.45) is 5.73 Å². The third-order valence-electron chi connectivity index (χ3n) is 4.16. The smallest absolute Gasteiger partial charge is 0.269 e. The van der Waals surface area contributed by atoms with Crippen molar-refractivity contribution < 1.29 is 4.79 Å². The zero-order valence-electron chi connectivity index (χ0n) is 13.0. The van der Waals surface area contributed by atoms with Gasteiger partial charge in [0.15, 0.2) is 17.3 Å². The van der Waals surface area contributed by atoms with E-state index in [-0.39, 0.29) is 5.69 Å². The Kier molecular flexibility index (Phi) is 4.31. The van der Waals surface area contributed by atoms with Crippen molar-refractivity contribution >= 4 is 17.5 Å². The number of amides is 1. The second-order valence-electron chi connectivity index (χ2n) is 5.55. The highest BCUT2D eigenvalue weighted by atomic mass is 16.1. The van der Waals surface area contributed by atoms with E-state index >= 15 is 0 Å². The van der Waals surface area contributed by atoms with Crippen LogP contribution in [-0.4, -0.2) is 52.5 Å². The van der Waals surface area contributed by atoms with Gasteiger partial charge in [-0.1, -0.05) is 0 Å². The molecule has 0 radical (unpaired) electrons. The summed E-state index contributed by atoms with van der Waals surface area (Å²) in [5, 5.41) is 16.0. The van der Waals surface area contributed by atoms with E-state index in [9.17, 15) is 4.79 Å². The van der Waals surface area contributed by atoms with Crippen molar-refractivity contribution in [2.45, 2.75) is 18.9 Å². The van der Waals surface area contributed by atoms with Gasteiger partial charge in [-0.2, -0.15) is 5.10 Å². The first kappa shape index (κ1) is 15.1. The molecule has 0 bridgehead atoms. The number of hydrogen-bond donors (Lipinski definition) is 1. The number of nitrogens with two attached hydrogens (primary N) is 1. The van der Waals surface area contributed by atoms with E-state index in [1.165, 1.54) is 0 Å². The zero-order valence-corrected chi connectivity index (χ0v) is 13.0. The first-order valence-corrected chi connectivity index (χ1v) is 7.54. The topological polar surface area (TPSA) is 101 Å². The molecule has 1 aliphatic rings.